The SMILES string of the molecule is CNC1CC(C)CCC1C(C)(C)c1ccc(C)c(C)c1. The van der Waals surface area contributed by atoms with Gasteiger partial charge in [-0.1, -0.05) is 45.4 Å². The zero-order valence-corrected chi connectivity index (χ0v) is 14.1. The minimum atomic E-state index is 0.242. The molecule has 1 saturated carbocycles. The van der Waals surface area contributed by atoms with E-state index in [9.17, 15) is 0 Å². The fourth-order valence-corrected chi connectivity index (χ4v) is 3.92. The fourth-order valence-electron chi connectivity index (χ4n) is 3.92. The number of hydrogen-bond donors (Lipinski definition) is 1. The van der Waals surface area contributed by atoms with Gasteiger partial charge in [-0.2, -0.15) is 0 Å². The normalized spacial score (nSPS) is 27.6. The van der Waals surface area contributed by atoms with E-state index in [0.717, 1.165) is 11.8 Å². The van der Waals surface area contributed by atoms with E-state index in [-0.39, 0.29) is 5.41 Å². The lowest BCUT2D eigenvalue weighted by molar-refractivity contribution is 0.151. The third-order valence-corrected chi connectivity index (χ3v) is 5.66. The molecule has 0 saturated heterocycles. The first kappa shape index (κ1) is 15.6. The van der Waals surface area contributed by atoms with E-state index in [1.807, 2.05) is 0 Å². The van der Waals surface area contributed by atoms with Gasteiger partial charge in [0.1, 0.15) is 0 Å². The Morgan fingerprint density at radius 2 is 1.80 bits per heavy atom. The molecule has 1 aliphatic rings. The molecule has 0 amide bonds. The van der Waals surface area contributed by atoms with Crippen LogP contribution in [-0.4, -0.2) is 13.1 Å². The van der Waals surface area contributed by atoms with Gasteiger partial charge in [-0.05, 0) is 67.7 Å². The Morgan fingerprint density at radius 3 is 2.40 bits per heavy atom. The Hall–Kier alpha value is -0.820. The Bertz CT molecular complexity index is 461. The summed E-state index contributed by atoms with van der Waals surface area (Å²) in [6, 6.07) is 7.68. The number of aryl methyl sites for hydroxylation is 2. The van der Waals surface area contributed by atoms with E-state index < -0.39 is 0 Å². The smallest absolute Gasteiger partial charge is 0.0103 e. The van der Waals surface area contributed by atoms with Gasteiger partial charge < -0.3 is 5.32 Å². The van der Waals surface area contributed by atoms with Crippen molar-refractivity contribution in [2.75, 3.05) is 7.05 Å². The van der Waals surface area contributed by atoms with Crippen molar-refractivity contribution in [2.45, 2.75) is 65.3 Å². The molecule has 3 unspecified atom stereocenters. The Balaban J connectivity index is 2.30. The van der Waals surface area contributed by atoms with Crippen molar-refractivity contribution in [3.05, 3.63) is 34.9 Å². The molecule has 1 N–H and O–H groups in total. The van der Waals surface area contributed by atoms with Crippen LogP contribution in [0.4, 0.5) is 0 Å². The predicted molar refractivity (Wildman–Crippen MR) is 88.3 cm³/mol. The summed E-state index contributed by atoms with van der Waals surface area (Å²) in [5.74, 6) is 1.59. The second-order valence-corrected chi connectivity index (χ2v) is 7.44. The number of nitrogens with one attached hydrogen (secondary N) is 1. The highest BCUT2D eigenvalue weighted by molar-refractivity contribution is 5.34. The Kier molecular flexibility index (Phi) is 4.59. The van der Waals surface area contributed by atoms with Crippen LogP contribution >= 0.6 is 0 Å². The summed E-state index contributed by atoms with van der Waals surface area (Å²) in [7, 11) is 2.13. The summed E-state index contributed by atoms with van der Waals surface area (Å²) in [4.78, 5) is 0. The zero-order chi connectivity index (χ0) is 14.9. The molecular weight excluding hydrogens is 242 g/mol. The van der Waals surface area contributed by atoms with Crippen LogP contribution in [0, 0.1) is 25.7 Å². The number of rotatable bonds is 3. The van der Waals surface area contributed by atoms with Gasteiger partial charge >= 0.3 is 0 Å². The van der Waals surface area contributed by atoms with Crippen LogP contribution in [0.15, 0.2) is 18.2 Å². The molecule has 0 bridgehead atoms. The van der Waals surface area contributed by atoms with Crippen LogP contribution in [0.3, 0.4) is 0 Å². The van der Waals surface area contributed by atoms with Crippen LogP contribution in [-0.2, 0) is 5.41 Å². The van der Waals surface area contributed by atoms with Crippen molar-refractivity contribution in [1.82, 2.24) is 5.32 Å². The molecule has 1 aromatic carbocycles. The van der Waals surface area contributed by atoms with Gasteiger partial charge in [0, 0.05) is 6.04 Å². The monoisotopic (exact) mass is 273 g/mol. The molecule has 2 rings (SSSR count). The molecule has 1 nitrogen and oxygen atoms in total. The van der Waals surface area contributed by atoms with Crippen molar-refractivity contribution >= 4 is 0 Å². The molecule has 1 fully saturated rings. The topological polar surface area (TPSA) is 12.0 Å². The zero-order valence-electron chi connectivity index (χ0n) is 14.1. The van der Waals surface area contributed by atoms with Gasteiger partial charge in [0.05, 0.1) is 0 Å². The maximum absolute atomic E-state index is 3.59. The predicted octanol–water partition coefficient (Wildman–Crippen LogP) is 4.61. The maximum Gasteiger partial charge on any atom is 0.0103 e. The molecule has 1 aliphatic carbocycles. The minimum absolute atomic E-state index is 0.242. The molecule has 0 spiro atoms. The van der Waals surface area contributed by atoms with Crippen molar-refractivity contribution < 1.29 is 0 Å². The molecule has 0 heterocycles. The standard InChI is InChI=1S/C19H31N/c1-13-7-10-17(18(11-13)20-6)19(4,5)16-9-8-14(2)15(3)12-16/h8-9,12-13,17-18,20H,7,10-11H2,1-6H3. The quantitative estimate of drug-likeness (QED) is 0.848. The van der Waals surface area contributed by atoms with Gasteiger partial charge in [-0.25, -0.2) is 0 Å². The summed E-state index contributed by atoms with van der Waals surface area (Å²) < 4.78 is 0. The average Bonchev–Trinajstić information content (AvgIpc) is 2.41. The molecule has 0 aliphatic heterocycles. The van der Waals surface area contributed by atoms with E-state index in [0.29, 0.717) is 6.04 Å². The maximum atomic E-state index is 3.59. The van der Waals surface area contributed by atoms with Crippen LogP contribution in [0.1, 0.15) is 56.7 Å². The first-order valence-electron chi connectivity index (χ1n) is 8.11. The number of hydrogen-bond acceptors (Lipinski definition) is 1. The van der Waals surface area contributed by atoms with Gasteiger partial charge in [0.2, 0.25) is 0 Å². The fraction of sp³-hybridized carbons (Fsp3) is 0.684. The van der Waals surface area contributed by atoms with E-state index in [2.05, 4.69) is 65.2 Å². The van der Waals surface area contributed by atoms with Gasteiger partial charge in [0.15, 0.2) is 0 Å². The molecule has 0 radical (unpaired) electrons. The summed E-state index contributed by atoms with van der Waals surface area (Å²) in [6.45, 7) is 11.7. The van der Waals surface area contributed by atoms with Crippen molar-refractivity contribution in [3.8, 4) is 0 Å². The van der Waals surface area contributed by atoms with E-state index in [4.69, 9.17) is 0 Å². The van der Waals surface area contributed by atoms with Gasteiger partial charge in [-0.15, -0.1) is 0 Å². The van der Waals surface area contributed by atoms with Crippen molar-refractivity contribution in [1.29, 1.82) is 0 Å². The van der Waals surface area contributed by atoms with Crippen LogP contribution < -0.4 is 5.32 Å². The highest BCUT2D eigenvalue weighted by Crippen LogP contribution is 2.42. The molecule has 1 aromatic rings. The first-order chi connectivity index (χ1) is 9.36. The van der Waals surface area contributed by atoms with Crippen LogP contribution in [0.5, 0.6) is 0 Å². The third kappa shape index (κ3) is 2.93. The lowest BCUT2D eigenvalue weighted by atomic mass is 9.63. The minimum Gasteiger partial charge on any atom is -0.317 e. The van der Waals surface area contributed by atoms with Gasteiger partial charge in [-0.3, -0.25) is 0 Å². The Morgan fingerprint density at radius 1 is 1.10 bits per heavy atom. The second-order valence-electron chi connectivity index (χ2n) is 7.44. The average molecular weight is 273 g/mol. The summed E-state index contributed by atoms with van der Waals surface area (Å²) in [6.07, 6.45) is 4.03. The highest BCUT2D eigenvalue weighted by Gasteiger charge is 2.39. The van der Waals surface area contributed by atoms with Crippen molar-refractivity contribution in [2.24, 2.45) is 11.8 Å². The Labute approximate surface area is 125 Å². The summed E-state index contributed by atoms with van der Waals surface area (Å²) >= 11 is 0. The van der Waals surface area contributed by atoms with Crippen molar-refractivity contribution in [3.63, 3.8) is 0 Å². The lowest BCUT2D eigenvalue weighted by Gasteiger charge is -2.44. The van der Waals surface area contributed by atoms with Crippen LogP contribution in [0.25, 0.3) is 0 Å². The highest BCUT2D eigenvalue weighted by atomic mass is 14.9. The molecule has 20 heavy (non-hydrogen) atoms. The molecule has 0 aromatic heterocycles. The second kappa shape index (κ2) is 5.89. The third-order valence-electron chi connectivity index (χ3n) is 5.66. The van der Waals surface area contributed by atoms with E-state index >= 15 is 0 Å². The lowest BCUT2D eigenvalue weighted by Crippen LogP contribution is -2.47. The van der Waals surface area contributed by atoms with Crippen LogP contribution in [0.2, 0.25) is 0 Å². The molecule has 1 heteroatoms. The number of benzene rings is 1. The molecular formula is C19H31N. The summed E-state index contributed by atoms with van der Waals surface area (Å²) in [5, 5.41) is 3.59. The largest absolute Gasteiger partial charge is 0.317 e. The van der Waals surface area contributed by atoms with E-state index in [1.54, 1.807) is 0 Å². The summed E-state index contributed by atoms with van der Waals surface area (Å²) in [5.41, 5.74) is 4.56. The van der Waals surface area contributed by atoms with E-state index in [1.165, 1.54) is 36.0 Å². The molecule has 112 valence electrons. The van der Waals surface area contributed by atoms with Gasteiger partial charge in [0.25, 0.3) is 0 Å². The first-order valence-corrected chi connectivity index (χ1v) is 8.11. The molecule has 3 atom stereocenters.